The summed E-state index contributed by atoms with van der Waals surface area (Å²) in [7, 11) is 0. The third-order valence-corrected chi connectivity index (χ3v) is 4.87. The Balaban J connectivity index is 1.56. The quantitative estimate of drug-likeness (QED) is 0.484. The van der Waals surface area contributed by atoms with E-state index in [1.165, 1.54) is 24.3 Å². The maximum atomic E-state index is 13.2. The Bertz CT molecular complexity index is 1140. The highest BCUT2D eigenvalue weighted by atomic mass is 35.5. The van der Waals surface area contributed by atoms with Crippen LogP contribution in [0.1, 0.15) is 27.0 Å². The minimum atomic E-state index is -0.417. The molecule has 0 aromatic heterocycles. The number of benzene rings is 3. The van der Waals surface area contributed by atoms with E-state index in [1.807, 2.05) is 0 Å². The molecule has 0 atom stereocenters. The van der Waals surface area contributed by atoms with Gasteiger partial charge in [-0.1, -0.05) is 29.8 Å². The van der Waals surface area contributed by atoms with E-state index in [0.717, 1.165) is 0 Å². The average Bonchev–Trinajstić information content (AvgIpc) is 2.99. The van der Waals surface area contributed by atoms with Crippen LogP contribution < -0.4 is 9.47 Å². The van der Waals surface area contributed by atoms with Crippen LogP contribution >= 0.6 is 11.6 Å². The van der Waals surface area contributed by atoms with Gasteiger partial charge in [-0.3, -0.25) is 4.79 Å². The molecule has 0 aliphatic carbocycles. The average molecular weight is 413 g/mol. The zero-order chi connectivity index (χ0) is 20.5. The summed E-state index contributed by atoms with van der Waals surface area (Å²) < 4.78 is 37.7. The van der Waals surface area contributed by atoms with Crippen molar-refractivity contribution in [3.8, 4) is 11.5 Å². The summed E-state index contributed by atoms with van der Waals surface area (Å²) in [5.74, 6) is 0.0388. The third kappa shape index (κ3) is 4.00. The minimum absolute atomic E-state index is 0.142. The summed E-state index contributed by atoms with van der Waals surface area (Å²) in [6.07, 6.45) is 1.57. The molecule has 0 radical (unpaired) electrons. The number of hydrogen-bond acceptors (Lipinski definition) is 3. The monoisotopic (exact) mass is 412 g/mol. The molecule has 0 amide bonds. The molecule has 0 unspecified atom stereocenters. The number of allylic oxidation sites excluding steroid dienone is 1. The molecule has 6 heteroatoms. The van der Waals surface area contributed by atoms with Crippen LogP contribution in [0.3, 0.4) is 0 Å². The first-order valence-corrected chi connectivity index (χ1v) is 9.20. The van der Waals surface area contributed by atoms with E-state index in [9.17, 15) is 13.6 Å². The van der Waals surface area contributed by atoms with Crippen molar-refractivity contribution in [3.05, 3.63) is 99.3 Å². The molecule has 3 aromatic carbocycles. The third-order valence-electron chi connectivity index (χ3n) is 4.52. The summed E-state index contributed by atoms with van der Waals surface area (Å²) >= 11 is 6.03. The van der Waals surface area contributed by atoms with Crippen LogP contribution in [0.25, 0.3) is 6.08 Å². The van der Waals surface area contributed by atoms with Gasteiger partial charge in [-0.05, 0) is 54.5 Å². The van der Waals surface area contributed by atoms with Gasteiger partial charge in [-0.15, -0.1) is 0 Å². The number of ether oxygens (including phenoxy) is 2. The molecule has 1 aliphatic heterocycles. The number of hydrogen-bond donors (Lipinski definition) is 0. The predicted octanol–water partition coefficient (Wildman–Crippen LogP) is 6.12. The van der Waals surface area contributed by atoms with Gasteiger partial charge in [0.2, 0.25) is 5.78 Å². The van der Waals surface area contributed by atoms with E-state index in [1.54, 1.807) is 43.3 Å². The van der Waals surface area contributed by atoms with E-state index in [0.29, 0.717) is 33.8 Å². The van der Waals surface area contributed by atoms with Crippen LogP contribution in [-0.2, 0) is 6.61 Å². The second-order valence-corrected chi connectivity index (χ2v) is 7.04. The Labute approximate surface area is 171 Å². The number of ketones is 1. The summed E-state index contributed by atoms with van der Waals surface area (Å²) in [5, 5.41) is 0.277. The maximum Gasteiger partial charge on any atom is 0.232 e. The molecule has 3 nitrogen and oxygen atoms in total. The van der Waals surface area contributed by atoms with Gasteiger partial charge in [0.1, 0.15) is 29.7 Å². The number of carbonyl (C=O) groups is 1. The van der Waals surface area contributed by atoms with Crippen molar-refractivity contribution in [2.75, 3.05) is 0 Å². The van der Waals surface area contributed by atoms with Crippen molar-refractivity contribution in [3.63, 3.8) is 0 Å². The Kier molecular flexibility index (Phi) is 5.07. The molecular weight excluding hydrogens is 398 g/mol. The molecular formula is C23H15ClF2O3. The van der Waals surface area contributed by atoms with Crippen LogP contribution in [0, 0.1) is 18.6 Å². The number of carbonyl (C=O) groups excluding carboxylic acids is 1. The molecule has 3 aromatic rings. The molecule has 0 spiro atoms. The lowest BCUT2D eigenvalue weighted by molar-refractivity contribution is 0.101. The number of aryl methyl sites for hydroxylation is 1. The van der Waals surface area contributed by atoms with Gasteiger partial charge in [-0.25, -0.2) is 8.78 Å². The number of halogens is 3. The first-order valence-electron chi connectivity index (χ1n) is 8.82. The molecule has 0 bridgehead atoms. The predicted molar refractivity (Wildman–Crippen MR) is 106 cm³/mol. The van der Waals surface area contributed by atoms with E-state index in [4.69, 9.17) is 21.1 Å². The summed E-state index contributed by atoms with van der Waals surface area (Å²) in [4.78, 5) is 12.7. The number of Topliss-reactive ketones (excluding diaryl/α,β-unsaturated/α-hetero) is 1. The molecule has 0 N–H and O–H groups in total. The number of rotatable bonds is 4. The van der Waals surface area contributed by atoms with Crippen molar-refractivity contribution >= 4 is 23.5 Å². The zero-order valence-corrected chi connectivity index (χ0v) is 16.1. The molecule has 0 saturated heterocycles. The Morgan fingerprint density at radius 2 is 1.76 bits per heavy atom. The van der Waals surface area contributed by atoms with Gasteiger partial charge in [-0.2, -0.15) is 0 Å². The molecule has 4 rings (SSSR count). The zero-order valence-electron chi connectivity index (χ0n) is 15.3. The van der Waals surface area contributed by atoms with Crippen LogP contribution in [-0.4, -0.2) is 5.78 Å². The molecule has 1 aliphatic rings. The van der Waals surface area contributed by atoms with Crippen molar-refractivity contribution in [2.45, 2.75) is 13.5 Å². The second kappa shape index (κ2) is 7.68. The van der Waals surface area contributed by atoms with Crippen molar-refractivity contribution in [2.24, 2.45) is 0 Å². The van der Waals surface area contributed by atoms with Crippen molar-refractivity contribution in [1.82, 2.24) is 0 Å². The fourth-order valence-electron chi connectivity index (χ4n) is 3.07. The highest BCUT2D eigenvalue weighted by Crippen LogP contribution is 2.37. The molecule has 1 heterocycles. The molecule has 0 saturated carbocycles. The highest BCUT2D eigenvalue weighted by Gasteiger charge is 2.30. The van der Waals surface area contributed by atoms with Crippen LogP contribution in [0.5, 0.6) is 11.5 Å². The molecule has 0 fully saturated rings. The standard InChI is InChI=1S/C23H15ClF2O3/c1-13-8-18(28-12-15-4-7-17(26)10-19(15)24)11-20-22(13)23(27)21(29-20)9-14-2-5-16(25)6-3-14/h2-11H,12H2,1H3/b21-9-. The van der Waals surface area contributed by atoms with E-state index in [2.05, 4.69) is 0 Å². The Morgan fingerprint density at radius 1 is 1.03 bits per heavy atom. The van der Waals surface area contributed by atoms with E-state index in [-0.39, 0.29) is 29.0 Å². The summed E-state index contributed by atoms with van der Waals surface area (Å²) in [6, 6.07) is 13.2. The topological polar surface area (TPSA) is 35.5 Å². The lowest BCUT2D eigenvalue weighted by atomic mass is 10.0. The fraction of sp³-hybridized carbons (Fsp3) is 0.0870. The summed E-state index contributed by atoms with van der Waals surface area (Å²) in [6.45, 7) is 1.93. The first-order chi connectivity index (χ1) is 13.9. The minimum Gasteiger partial charge on any atom is -0.489 e. The van der Waals surface area contributed by atoms with Gasteiger partial charge >= 0.3 is 0 Å². The normalized spacial score (nSPS) is 14.1. The first kappa shape index (κ1) is 19.2. The van der Waals surface area contributed by atoms with Crippen LogP contribution in [0.4, 0.5) is 8.78 Å². The Morgan fingerprint density at radius 3 is 2.48 bits per heavy atom. The lowest BCUT2D eigenvalue weighted by Crippen LogP contribution is -2.00. The van der Waals surface area contributed by atoms with Gasteiger partial charge < -0.3 is 9.47 Å². The molecule has 29 heavy (non-hydrogen) atoms. The van der Waals surface area contributed by atoms with Gasteiger partial charge in [0.05, 0.1) is 10.6 Å². The lowest BCUT2D eigenvalue weighted by Gasteiger charge is -2.10. The van der Waals surface area contributed by atoms with E-state index >= 15 is 0 Å². The smallest absolute Gasteiger partial charge is 0.232 e. The summed E-state index contributed by atoms with van der Waals surface area (Å²) in [5.41, 5.74) is 2.46. The fourth-order valence-corrected chi connectivity index (χ4v) is 3.29. The molecule has 146 valence electrons. The van der Waals surface area contributed by atoms with Gasteiger partial charge in [0, 0.05) is 11.6 Å². The van der Waals surface area contributed by atoms with Crippen LogP contribution in [0.15, 0.2) is 60.4 Å². The largest absolute Gasteiger partial charge is 0.489 e. The maximum absolute atomic E-state index is 13.2. The van der Waals surface area contributed by atoms with Gasteiger partial charge in [0.25, 0.3) is 0 Å². The van der Waals surface area contributed by atoms with E-state index < -0.39 is 5.82 Å². The van der Waals surface area contributed by atoms with Crippen molar-refractivity contribution < 1.29 is 23.0 Å². The van der Waals surface area contributed by atoms with Gasteiger partial charge in [0.15, 0.2) is 5.76 Å². The second-order valence-electron chi connectivity index (χ2n) is 6.63. The van der Waals surface area contributed by atoms with Crippen molar-refractivity contribution in [1.29, 1.82) is 0 Å². The Hall–Kier alpha value is -3.18. The SMILES string of the molecule is Cc1cc(OCc2ccc(F)cc2Cl)cc2c1C(=O)/C(=C/c1ccc(F)cc1)O2. The number of fused-ring (bicyclic) bond motifs is 1. The highest BCUT2D eigenvalue weighted by molar-refractivity contribution is 6.31. The van der Waals surface area contributed by atoms with Crippen LogP contribution in [0.2, 0.25) is 5.02 Å².